The van der Waals surface area contributed by atoms with Gasteiger partial charge in [-0.2, -0.15) is 0 Å². The minimum absolute atomic E-state index is 0.0190. The van der Waals surface area contributed by atoms with Crippen LogP contribution in [0.2, 0.25) is 5.02 Å². The molecule has 0 aliphatic rings. The Labute approximate surface area is 119 Å². The van der Waals surface area contributed by atoms with Crippen molar-refractivity contribution in [1.29, 1.82) is 0 Å². The molecule has 1 aromatic carbocycles. The van der Waals surface area contributed by atoms with E-state index in [2.05, 4.69) is 15.6 Å². The summed E-state index contributed by atoms with van der Waals surface area (Å²) >= 11 is 6.00. The summed E-state index contributed by atoms with van der Waals surface area (Å²) in [5, 5.41) is 18.8. The van der Waals surface area contributed by atoms with Crippen molar-refractivity contribution in [3.05, 3.63) is 40.7 Å². The summed E-state index contributed by atoms with van der Waals surface area (Å²) in [4.78, 5) is 22.5. The number of anilines is 1. The second kappa shape index (κ2) is 5.70. The molecule has 0 atom stereocenters. The van der Waals surface area contributed by atoms with Crippen LogP contribution in [0.15, 0.2) is 24.4 Å². The van der Waals surface area contributed by atoms with Gasteiger partial charge in [0.1, 0.15) is 6.54 Å². The fourth-order valence-electron chi connectivity index (χ4n) is 1.59. The highest BCUT2D eigenvalue weighted by Crippen LogP contribution is 2.25. The number of hydrogen-bond donors (Lipinski definition) is 2. The molecule has 1 aromatic heterocycles. The van der Waals surface area contributed by atoms with Gasteiger partial charge in [-0.15, -0.1) is 5.10 Å². The molecule has 0 fully saturated rings. The Balaban J connectivity index is 2.16. The highest BCUT2D eigenvalue weighted by Gasteiger charge is 2.14. The number of rotatable bonds is 4. The first-order chi connectivity index (χ1) is 9.47. The molecule has 8 heteroatoms. The third-order valence-electron chi connectivity index (χ3n) is 2.53. The summed E-state index contributed by atoms with van der Waals surface area (Å²) in [5.41, 5.74) is 1.32. The minimum atomic E-state index is -1.07. The molecular formula is C12H11ClN4O3. The second-order valence-corrected chi connectivity index (χ2v) is 4.49. The molecule has 0 radical (unpaired) electrons. The molecule has 2 N–H and O–H groups in total. The summed E-state index contributed by atoms with van der Waals surface area (Å²) in [5.74, 6) is -1.57. The predicted octanol–water partition coefficient (Wildman–Crippen LogP) is 1.58. The predicted molar refractivity (Wildman–Crippen MR) is 71.8 cm³/mol. The molecule has 0 aliphatic carbocycles. The molecule has 0 bridgehead atoms. The van der Waals surface area contributed by atoms with Crippen LogP contribution in [0.1, 0.15) is 16.1 Å². The van der Waals surface area contributed by atoms with E-state index in [1.807, 2.05) is 13.0 Å². The lowest BCUT2D eigenvalue weighted by atomic mass is 10.2. The summed E-state index contributed by atoms with van der Waals surface area (Å²) in [6.45, 7) is 1.45. The zero-order valence-electron chi connectivity index (χ0n) is 10.5. The Morgan fingerprint density at radius 3 is 2.85 bits per heavy atom. The number of aliphatic carboxylic acids is 1. The fourth-order valence-corrected chi connectivity index (χ4v) is 1.86. The highest BCUT2D eigenvalue weighted by atomic mass is 35.5. The first kappa shape index (κ1) is 14.0. The van der Waals surface area contributed by atoms with Crippen LogP contribution < -0.4 is 5.32 Å². The van der Waals surface area contributed by atoms with E-state index in [1.165, 1.54) is 6.20 Å². The van der Waals surface area contributed by atoms with Crippen molar-refractivity contribution in [2.75, 3.05) is 5.32 Å². The molecule has 2 aromatic rings. The summed E-state index contributed by atoms with van der Waals surface area (Å²) in [6, 6.07) is 5.24. The first-order valence-electron chi connectivity index (χ1n) is 5.66. The Morgan fingerprint density at radius 2 is 2.20 bits per heavy atom. The summed E-state index contributed by atoms with van der Waals surface area (Å²) < 4.78 is 1.07. The molecule has 2 rings (SSSR count). The van der Waals surface area contributed by atoms with Crippen LogP contribution in [0.25, 0.3) is 0 Å². The lowest BCUT2D eigenvalue weighted by molar-refractivity contribution is -0.137. The number of amides is 1. The van der Waals surface area contributed by atoms with E-state index in [-0.39, 0.29) is 12.2 Å². The summed E-state index contributed by atoms with van der Waals surface area (Å²) in [6.07, 6.45) is 1.26. The van der Waals surface area contributed by atoms with E-state index in [4.69, 9.17) is 16.7 Å². The smallest absolute Gasteiger partial charge is 0.325 e. The van der Waals surface area contributed by atoms with Crippen molar-refractivity contribution in [2.24, 2.45) is 0 Å². The molecular weight excluding hydrogens is 284 g/mol. The van der Waals surface area contributed by atoms with Crippen molar-refractivity contribution in [3.8, 4) is 0 Å². The Morgan fingerprint density at radius 1 is 1.45 bits per heavy atom. The van der Waals surface area contributed by atoms with Crippen LogP contribution in [-0.2, 0) is 11.3 Å². The average Bonchev–Trinajstić information content (AvgIpc) is 2.81. The van der Waals surface area contributed by atoms with Crippen LogP contribution in [0.5, 0.6) is 0 Å². The number of aryl methyl sites for hydroxylation is 1. The number of nitrogens with one attached hydrogen (secondary N) is 1. The monoisotopic (exact) mass is 294 g/mol. The van der Waals surface area contributed by atoms with E-state index >= 15 is 0 Å². The van der Waals surface area contributed by atoms with Gasteiger partial charge in [0.2, 0.25) is 0 Å². The van der Waals surface area contributed by atoms with Crippen LogP contribution in [-0.4, -0.2) is 32.0 Å². The van der Waals surface area contributed by atoms with Gasteiger partial charge in [0.05, 0.1) is 16.9 Å². The average molecular weight is 295 g/mol. The Kier molecular flexibility index (Phi) is 3.99. The number of halogens is 1. The normalized spacial score (nSPS) is 10.3. The number of hydrogen-bond acceptors (Lipinski definition) is 4. The second-order valence-electron chi connectivity index (χ2n) is 4.08. The summed E-state index contributed by atoms with van der Waals surface area (Å²) in [7, 11) is 0. The molecule has 7 nitrogen and oxygen atoms in total. The van der Waals surface area contributed by atoms with Crippen LogP contribution in [0.3, 0.4) is 0 Å². The highest BCUT2D eigenvalue weighted by molar-refractivity contribution is 6.34. The number of aromatic nitrogens is 3. The van der Waals surface area contributed by atoms with Crippen molar-refractivity contribution >= 4 is 29.2 Å². The first-order valence-corrected chi connectivity index (χ1v) is 6.03. The van der Waals surface area contributed by atoms with E-state index in [0.717, 1.165) is 10.2 Å². The van der Waals surface area contributed by atoms with Crippen molar-refractivity contribution in [1.82, 2.24) is 15.0 Å². The zero-order valence-corrected chi connectivity index (χ0v) is 11.3. The molecule has 1 amide bonds. The molecule has 20 heavy (non-hydrogen) atoms. The molecule has 0 saturated heterocycles. The third kappa shape index (κ3) is 3.12. The van der Waals surface area contributed by atoms with Crippen molar-refractivity contribution in [2.45, 2.75) is 13.5 Å². The number of para-hydroxylation sites is 1. The van der Waals surface area contributed by atoms with Gasteiger partial charge < -0.3 is 10.4 Å². The van der Waals surface area contributed by atoms with Gasteiger partial charge in [-0.3, -0.25) is 9.59 Å². The fraction of sp³-hybridized carbons (Fsp3) is 0.167. The molecule has 0 spiro atoms. The number of carboxylic acid groups (broad SMARTS) is 1. The maximum Gasteiger partial charge on any atom is 0.325 e. The SMILES string of the molecule is Cc1cccc(Cl)c1NC(=O)c1cn(CC(=O)O)nn1. The molecule has 104 valence electrons. The largest absolute Gasteiger partial charge is 0.480 e. The van der Waals surface area contributed by atoms with Gasteiger partial charge in [-0.25, -0.2) is 4.68 Å². The van der Waals surface area contributed by atoms with E-state index in [1.54, 1.807) is 12.1 Å². The number of carboxylic acids is 1. The number of carbonyl (C=O) groups is 2. The lowest BCUT2D eigenvalue weighted by Crippen LogP contribution is -2.14. The van der Waals surface area contributed by atoms with Gasteiger partial charge in [0.25, 0.3) is 5.91 Å². The molecule has 0 aliphatic heterocycles. The van der Waals surface area contributed by atoms with Gasteiger partial charge in [0, 0.05) is 0 Å². The molecule has 1 heterocycles. The van der Waals surface area contributed by atoms with Crippen molar-refractivity contribution < 1.29 is 14.7 Å². The standard InChI is InChI=1S/C12H11ClN4O3/c1-7-3-2-4-8(13)11(7)14-12(20)9-5-17(16-15-9)6-10(18)19/h2-5H,6H2,1H3,(H,14,20)(H,18,19). The van der Waals surface area contributed by atoms with Gasteiger partial charge in [0.15, 0.2) is 5.69 Å². The maximum atomic E-state index is 12.0. The maximum absolute atomic E-state index is 12.0. The van der Waals surface area contributed by atoms with Gasteiger partial charge in [-0.1, -0.05) is 28.9 Å². The van der Waals surface area contributed by atoms with Gasteiger partial charge >= 0.3 is 5.97 Å². The number of benzene rings is 1. The van der Waals surface area contributed by atoms with E-state index in [0.29, 0.717) is 10.7 Å². The van der Waals surface area contributed by atoms with E-state index in [9.17, 15) is 9.59 Å². The quantitative estimate of drug-likeness (QED) is 0.892. The topological polar surface area (TPSA) is 97.1 Å². The Hall–Kier alpha value is -2.41. The zero-order chi connectivity index (χ0) is 14.7. The van der Waals surface area contributed by atoms with Crippen LogP contribution >= 0.6 is 11.6 Å². The van der Waals surface area contributed by atoms with Crippen LogP contribution in [0, 0.1) is 6.92 Å². The van der Waals surface area contributed by atoms with E-state index < -0.39 is 11.9 Å². The van der Waals surface area contributed by atoms with Crippen molar-refractivity contribution in [3.63, 3.8) is 0 Å². The van der Waals surface area contributed by atoms with Crippen LogP contribution in [0.4, 0.5) is 5.69 Å². The van der Waals surface area contributed by atoms with Gasteiger partial charge in [-0.05, 0) is 18.6 Å². The number of nitrogens with zero attached hydrogens (tertiary/aromatic N) is 3. The number of carbonyl (C=O) groups excluding carboxylic acids is 1. The molecule has 0 unspecified atom stereocenters. The lowest BCUT2D eigenvalue weighted by Gasteiger charge is -2.08. The minimum Gasteiger partial charge on any atom is -0.480 e. The third-order valence-corrected chi connectivity index (χ3v) is 2.84. The Bertz CT molecular complexity index is 648. The molecule has 0 saturated carbocycles.